The first kappa shape index (κ1) is 17.7. The highest BCUT2D eigenvalue weighted by Gasteiger charge is 2.21. The van der Waals surface area contributed by atoms with Gasteiger partial charge in [0.15, 0.2) is 0 Å². The molecular formula is C20H22N6OS. The molecule has 3 aromatic rings. The van der Waals surface area contributed by atoms with E-state index in [1.54, 1.807) is 18.0 Å². The normalized spacial score (nSPS) is 22.5. The zero-order valence-electron chi connectivity index (χ0n) is 15.5. The maximum atomic E-state index is 9.49. The third kappa shape index (κ3) is 3.30. The summed E-state index contributed by atoms with van der Waals surface area (Å²) in [6.45, 7) is 3.62. The van der Waals surface area contributed by atoms with Crippen LogP contribution in [0.4, 0.5) is 0 Å². The van der Waals surface area contributed by atoms with Crippen LogP contribution in [0.3, 0.4) is 0 Å². The van der Waals surface area contributed by atoms with Crippen molar-refractivity contribution in [2.24, 2.45) is 0 Å². The lowest BCUT2D eigenvalue weighted by molar-refractivity contribution is 0.199. The molecule has 0 bridgehead atoms. The zero-order chi connectivity index (χ0) is 18.9. The summed E-state index contributed by atoms with van der Waals surface area (Å²) in [5, 5.41) is 22.4. The van der Waals surface area contributed by atoms with Crippen LogP contribution in [-0.4, -0.2) is 50.9 Å². The maximum Gasteiger partial charge on any atom is 0.103 e. The zero-order valence-corrected chi connectivity index (χ0v) is 16.4. The van der Waals surface area contributed by atoms with E-state index in [9.17, 15) is 5.26 Å². The summed E-state index contributed by atoms with van der Waals surface area (Å²) >= 11 is 1.78. The average molecular weight is 395 g/mol. The van der Waals surface area contributed by atoms with Gasteiger partial charge in [0.25, 0.3) is 0 Å². The lowest BCUT2D eigenvalue weighted by atomic mass is 10.1. The van der Waals surface area contributed by atoms with Crippen LogP contribution in [0.5, 0.6) is 0 Å². The molecule has 5 rings (SSSR count). The molecule has 144 valence electrons. The van der Waals surface area contributed by atoms with Crippen LogP contribution < -0.4 is 5.32 Å². The van der Waals surface area contributed by atoms with Crippen molar-refractivity contribution in [2.45, 2.75) is 35.4 Å². The summed E-state index contributed by atoms with van der Waals surface area (Å²) in [5.41, 5.74) is 3.63. The van der Waals surface area contributed by atoms with Crippen molar-refractivity contribution in [3.05, 3.63) is 36.4 Å². The number of thioether (sulfide) groups is 1. The van der Waals surface area contributed by atoms with Gasteiger partial charge in [0, 0.05) is 46.8 Å². The minimum atomic E-state index is 0.408. The molecule has 8 heteroatoms. The minimum Gasteiger partial charge on any atom is -0.380 e. The van der Waals surface area contributed by atoms with Gasteiger partial charge in [0.1, 0.15) is 6.07 Å². The molecule has 0 spiro atoms. The molecule has 0 saturated carbocycles. The molecule has 1 N–H and O–H groups in total. The van der Waals surface area contributed by atoms with Gasteiger partial charge in [-0.1, -0.05) is 0 Å². The van der Waals surface area contributed by atoms with E-state index < -0.39 is 0 Å². The number of pyridine rings is 1. The fraction of sp³-hybridized carbons (Fsp3) is 0.450. The first-order chi connectivity index (χ1) is 13.8. The molecule has 2 atom stereocenters. The van der Waals surface area contributed by atoms with Crippen molar-refractivity contribution in [2.75, 3.05) is 26.3 Å². The molecule has 2 saturated heterocycles. The number of aromatic nitrogens is 4. The standard InChI is InChI=1S/C20H22N6OS/c21-7-15-8-24-26-11-14(6-19(20(15)26)28-18-3-5-27-13-18)16-9-23-25(12-16)17-2-1-4-22-10-17/h6,8-9,11-12,17-18,22H,1-5,10,13H2/t17-,18?/m0/s1. The summed E-state index contributed by atoms with van der Waals surface area (Å²) in [6, 6.07) is 4.85. The van der Waals surface area contributed by atoms with Gasteiger partial charge < -0.3 is 10.1 Å². The summed E-state index contributed by atoms with van der Waals surface area (Å²) in [4.78, 5) is 1.08. The molecule has 2 aliphatic rings. The first-order valence-electron chi connectivity index (χ1n) is 9.73. The molecule has 0 aliphatic carbocycles. The number of hydrogen-bond acceptors (Lipinski definition) is 6. The van der Waals surface area contributed by atoms with Crippen molar-refractivity contribution in [1.82, 2.24) is 24.7 Å². The Kier molecular flexibility index (Phi) is 4.81. The highest BCUT2D eigenvalue weighted by molar-refractivity contribution is 8.00. The van der Waals surface area contributed by atoms with E-state index in [1.165, 1.54) is 6.42 Å². The van der Waals surface area contributed by atoms with Crippen LogP contribution in [0.1, 0.15) is 30.9 Å². The second-order valence-electron chi connectivity index (χ2n) is 7.37. The van der Waals surface area contributed by atoms with Gasteiger partial charge in [0.2, 0.25) is 0 Å². The third-order valence-electron chi connectivity index (χ3n) is 5.46. The number of ether oxygens (including phenoxy) is 1. The molecule has 0 amide bonds. The van der Waals surface area contributed by atoms with Crippen molar-refractivity contribution >= 4 is 17.3 Å². The van der Waals surface area contributed by atoms with Crippen LogP contribution in [0.2, 0.25) is 0 Å². The highest BCUT2D eigenvalue weighted by Crippen LogP contribution is 2.36. The average Bonchev–Trinajstić information content (AvgIpc) is 3.49. The largest absolute Gasteiger partial charge is 0.380 e. The van der Waals surface area contributed by atoms with Gasteiger partial charge >= 0.3 is 0 Å². The van der Waals surface area contributed by atoms with Gasteiger partial charge in [-0.2, -0.15) is 15.5 Å². The van der Waals surface area contributed by atoms with E-state index in [0.29, 0.717) is 16.9 Å². The molecule has 2 fully saturated rings. The van der Waals surface area contributed by atoms with Gasteiger partial charge in [-0.3, -0.25) is 4.68 Å². The van der Waals surface area contributed by atoms with E-state index in [0.717, 1.165) is 60.7 Å². The van der Waals surface area contributed by atoms with Crippen LogP contribution >= 0.6 is 11.8 Å². The number of nitrogens with one attached hydrogen (secondary N) is 1. The highest BCUT2D eigenvalue weighted by atomic mass is 32.2. The second-order valence-corrected chi connectivity index (χ2v) is 8.71. The topological polar surface area (TPSA) is 80.2 Å². The molecular weight excluding hydrogens is 372 g/mol. The van der Waals surface area contributed by atoms with Gasteiger partial charge in [-0.15, -0.1) is 11.8 Å². The summed E-state index contributed by atoms with van der Waals surface area (Å²) in [7, 11) is 0. The van der Waals surface area contributed by atoms with Crippen molar-refractivity contribution in [3.8, 4) is 17.2 Å². The number of hydrogen-bond donors (Lipinski definition) is 1. The molecule has 2 aliphatic heterocycles. The molecule has 28 heavy (non-hydrogen) atoms. The Morgan fingerprint density at radius 3 is 2.96 bits per heavy atom. The predicted octanol–water partition coefficient (Wildman–Crippen LogP) is 2.87. The van der Waals surface area contributed by atoms with E-state index in [-0.39, 0.29) is 0 Å². The van der Waals surface area contributed by atoms with Gasteiger partial charge in [-0.25, -0.2) is 4.52 Å². The number of fused-ring (bicyclic) bond motifs is 1. The predicted molar refractivity (Wildman–Crippen MR) is 107 cm³/mol. The van der Waals surface area contributed by atoms with Crippen molar-refractivity contribution in [1.29, 1.82) is 5.26 Å². The Balaban J connectivity index is 1.52. The van der Waals surface area contributed by atoms with Gasteiger partial charge in [-0.05, 0) is 31.9 Å². The molecule has 5 heterocycles. The molecule has 0 aromatic carbocycles. The van der Waals surface area contributed by atoms with E-state index >= 15 is 0 Å². The third-order valence-corrected chi connectivity index (χ3v) is 6.73. The molecule has 7 nitrogen and oxygen atoms in total. The molecule has 0 radical (unpaired) electrons. The molecule has 3 aromatic heterocycles. The smallest absolute Gasteiger partial charge is 0.103 e. The minimum absolute atomic E-state index is 0.408. The van der Waals surface area contributed by atoms with E-state index in [4.69, 9.17) is 4.74 Å². The first-order valence-corrected chi connectivity index (χ1v) is 10.6. The fourth-order valence-corrected chi connectivity index (χ4v) is 5.19. The lowest BCUT2D eigenvalue weighted by Gasteiger charge is -2.22. The Labute approximate surface area is 167 Å². The Bertz CT molecular complexity index is 1020. The van der Waals surface area contributed by atoms with Crippen molar-refractivity contribution in [3.63, 3.8) is 0 Å². The monoisotopic (exact) mass is 394 g/mol. The maximum absolute atomic E-state index is 9.49. The number of nitrogens with zero attached hydrogens (tertiary/aromatic N) is 5. The quantitative estimate of drug-likeness (QED) is 0.733. The SMILES string of the molecule is N#Cc1cnn2cc(-c3cnn([C@H]4CCCNC4)c3)cc(SC3CCOC3)c12. The van der Waals surface area contributed by atoms with Gasteiger partial charge in [0.05, 0.1) is 36.1 Å². The molecule has 1 unspecified atom stereocenters. The lowest BCUT2D eigenvalue weighted by Crippen LogP contribution is -2.31. The Hall–Kier alpha value is -2.34. The Morgan fingerprint density at radius 1 is 1.21 bits per heavy atom. The van der Waals surface area contributed by atoms with E-state index in [2.05, 4.69) is 38.5 Å². The number of piperidine rings is 1. The summed E-state index contributed by atoms with van der Waals surface area (Å²) < 4.78 is 9.44. The second kappa shape index (κ2) is 7.59. The van der Waals surface area contributed by atoms with Crippen LogP contribution in [-0.2, 0) is 4.74 Å². The number of nitriles is 1. The number of rotatable bonds is 4. The fourth-order valence-electron chi connectivity index (χ4n) is 3.95. The van der Waals surface area contributed by atoms with Crippen molar-refractivity contribution < 1.29 is 4.74 Å². The summed E-state index contributed by atoms with van der Waals surface area (Å²) in [6.07, 6.45) is 11.1. The van der Waals surface area contributed by atoms with Crippen LogP contribution in [0.25, 0.3) is 16.6 Å². The summed E-state index contributed by atoms with van der Waals surface area (Å²) in [5.74, 6) is 0. The Morgan fingerprint density at radius 2 is 2.18 bits per heavy atom. The van der Waals surface area contributed by atoms with Crippen LogP contribution in [0, 0.1) is 11.3 Å². The van der Waals surface area contributed by atoms with Crippen LogP contribution in [0.15, 0.2) is 35.7 Å². The van der Waals surface area contributed by atoms with E-state index in [1.807, 2.05) is 16.9 Å².